The van der Waals surface area contributed by atoms with Crippen molar-refractivity contribution in [1.29, 1.82) is 0 Å². The highest BCUT2D eigenvalue weighted by molar-refractivity contribution is 7.89. The van der Waals surface area contributed by atoms with Gasteiger partial charge < -0.3 is 15.0 Å². The van der Waals surface area contributed by atoms with Gasteiger partial charge in [0.2, 0.25) is 15.9 Å². The molecule has 0 bridgehead atoms. The number of benzene rings is 1. The minimum atomic E-state index is -3.64. The van der Waals surface area contributed by atoms with Crippen LogP contribution in [0.1, 0.15) is 39.5 Å². The summed E-state index contributed by atoms with van der Waals surface area (Å²) in [5.74, 6) is 1.17. The molecule has 0 aromatic heterocycles. The highest BCUT2D eigenvalue weighted by atomic mass is 32.2. The van der Waals surface area contributed by atoms with E-state index in [0.717, 1.165) is 38.9 Å². The maximum absolute atomic E-state index is 13.0. The summed E-state index contributed by atoms with van der Waals surface area (Å²) in [6.45, 7) is 8.88. The first-order valence-electron chi connectivity index (χ1n) is 12.3. The lowest BCUT2D eigenvalue weighted by Gasteiger charge is -2.35. The van der Waals surface area contributed by atoms with Crippen molar-refractivity contribution in [2.24, 2.45) is 11.8 Å². The van der Waals surface area contributed by atoms with E-state index in [1.165, 1.54) is 27.8 Å². The number of anilines is 1. The molecule has 0 aliphatic carbocycles. The van der Waals surface area contributed by atoms with Crippen molar-refractivity contribution in [3.8, 4) is 5.75 Å². The van der Waals surface area contributed by atoms with E-state index in [4.69, 9.17) is 4.74 Å². The number of amides is 2. The van der Waals surface area contributed by atoms with Crippen LogP contribution in [-0.2, 0) is 19.6 Å². The van der Waals surface area contributed by atoms with Gasteiger partial charge in [0, 0.05) is 32.7 Å². The predicted octanol–water partition coefficient (Wildman–Crippen LogP) is 1.68. The van der Waals surface area contributed by atoms with Crippen LogP contribution in [0.3, 0.4) is 0 Å². The molecule has 9 nitrogen and oxygen atoms in total. The predicted molar refractivity (Wildman–Crippen MR) is 129 cm³/mol. The molecule has 3 aliphatic rings. The van der Waals surface area contributed by atoms with Gasteiger partial charge in [-0.15, -0.1) is 0 Å². The van der Waals surface area contributed by atoms with Crippen LogP contribution in [0.15, 0.2) is 23.1 Å². The Bertz CT molecular complexity index is 999. The quantitative estimate of drug-likeness (QED) is 0.555. The van der Waals surface area contributed by atoms with E-state index in [9.17, 15) is 18.0 Å². The molecule has 3 aliphatic heterocycles. The zero-order valence-corrected chi connectivity index (χ0v) is 21.0. The number of nitrogens with one attached hydrogen (secondary N) is 1. The third-order valence-electron chi connectivity index (χ3n) is 6.80. The van der Waals surface area contributed by atoms with Crippen molar-refractivity contribution in [2.75, 3.05) is 57.3 Å². The van der Waals surface area contributed by atoms with E-state index in [1.807, 2.05) is 0 Å². The van der Waals surface area contributed by atoms with Gasteiger partial charge in [0.1, 0.15) is 12.3 Å². The van der Waals surface area contributed by atoms with Gasteiger partial charge in [-0.05, 0) is 62.3 Å². The number of carbonyl (C=O) groups excluding carboxylic acids is 2. The Hall–Kier alpha value is -2.17. The Morgan fingerprint density at radius 1 is 1.15 bits per heavy atom. The van der Waals surface area contributed by atoms with Gasteiger partial charge in [0.05, 0.1) is 10.6 Å². The topological polar surface area (TPSA) is 99.3 Å². The normalized spacial score (nSPS) is 24.1. The minimum Gasteiger partial charge on any atom is -0.482 e. The summed E-state index contributed by atoms with van der Waals surface area (Å²) >= 11 is 0. The first-order valence-corrected chi connectivity index (χ1v) is 13.7. The van der Waals surface area contributed by atoms with Crippen molar-refractivity contribution in [3.05, 3.63) is 18.2 Å². The lowest BCUT2D eigenvalue weighted by atomic mass is 9.92. The van der Waals surface area contributed by atoms with Crippen LogP contribution < -0.4 is 15.0 Å². The summed E-state index contributed by atoms with van der Waals surface area (Å²) in [6.07, 6.45) is 3.79. The van der Waals surface area contributed by atoms with Crippen molar-refractivity contribution in [2.45, 2.75) is 44.4 Å². The molecule has 4 rings (SSSR count). The highest BCUT2D eigenvalue weighted by Crippen LogP contribution is 2.35. The van der Waals surface area contributed by atoms with Gasteiger partial charge in [0.25, 0.3) is 5.91 Å². The SMILES string of the molecule is C[C@H]1C[C@H](C)CN(CCCNC(=O)CN2C(=O)COc3ccc(S(=O)(=O)N4CCCC4)cc32)C1. The number of sulfonamides is 1. The third kappa shape index (κ3) is 5.72. The van der Waals surface area contributed by atoms with Crippen LogP contribution in [0.2, 0.25) is 0 Å². The Kier molecular flexibility index (Phi) is 7.79. The van der Waals surface area contributed by atoms with E-state index in [-0.39, 0.29) is 29.9 Å². The van der Waals surface area contributed by atoms with Gasteiger partial charge in [0.15, 0.2) is 6.61 Å². The molecule has 188 valence electrons. The number of hydrogen-bond donors (Lipinski definition) is 1. The van der Waals surface area contributed by atoms with Gasteiger partial charge >= 0.3 is 0 Å². The molecule has 2 fully saturated rings. The van der Waals surface area contributed by atoms with Gasteiger partial charge in [-0.2, -0.15) is 4.31 Å². The van der Waals surface area contributed by atoms with E-state index in [0.29, 0.717) is 42.9 Å². The zero-order chi connectivity index (χ0) is 24.3. The maximum atomic E-state index is 13.0. The molecule has 10 heteroatoms. The van der Waals surface area contributed by atoms with E-state index >= 15 is 0 Å². The van der Waals surface area contributed by atoms with E-state index in [2.05, 4.69) is 24.1 Å². The molecule has 34 heavy (non-hydrogen) atoms. The Balaban J connectivity index is 1.36. The first-order chi connectivity index (χ1) is 16.2. The van der Waals surface area contributed by atoms with Crippen molar-refractivity contribution >= 4 is 27.5 Å². The Labute approximate surface area is 202 Å². The second-order valence-corrected chi connectivity index (χ2v) is 11.9. The van der Waals surface area contributed by atoms with E-state index in [1.54, 1.807) is 6.07 Å². The highest BCUT2D eigenvalue weighted by Gasteiger charge is 2.32. The number of ether oxygens (including phenoxy) is 1. The summed E-state index contributed by atoms with van der Waals surface area (Å²) in [5, 5.41) is 2.91. The molecule has 1 aromatic carbocycles. The number of nitrogens with zero attached hydrogens (tertiary/aromatic N) is 3. The number of hydrogen-bond acceptors (Lipinski definition) is 6. The van der Waals surface area contributed by atoms with Gasteiger partial charge in [-0.3, -0.25) is 14.5 Å². The number of fused-ring (bicyclic) bond motifs is 1. The number of likely N-dealkylation sites (tertiary alicyclic amines) is 1. The Morgan fingerprint density at radius 3 is 2.56 bits per heavy atom. The summed E-state index contributed by atoms with van der Waals surface area (Å²) in [6, 6.07) is 4.52. The van der Waals surface area contributed by atoms with Crippen LogP contribution in [0.5, 0.6) is 5.75 Å². The zero-order valence-electron chi connectivity index (χ0n) is 20.2. The fraction of sp³-hybridized carbons (Fsp3) is 0.667. The number of carbonyl (C=O) groups is 2. The fourth-order valence-corrected chi connectivity index (χ4v) is 6.84. The van der Waals surface area contributed by atoms with Gasteiger partial charge in [-0.25, -0.2) is 8.42 Å². The largest absolute Gasteiger partial charge is 0.482 e. The fourth-order valence-electron chi connectivity index (χ4n) is 5.30. The summed E-state index contributed by atoms with van der Waals surface area (Å²) < 4.78 is 32.9. The number of rotatable bonds is 8. The molecule has 2 amide bonds. The standard InChI is InChI=1S/C24H36N4O5S/c1-18-12-19(2)15-26(14-18)9-5-8-25-23(29)16-28-21-13-20(6-7-22(21)33-17-24(28)30)34(31,32)27-10-3-4-11-27/h6-7,13,18-19H,3-5,8-12,14-17H2,1-2H3,(H,25,29)/t18-,19-/m0/s1. The Morgan fingerprint density at radius 2 is 1.85 bits per heavy atom. The monoisotopic (exact) mass is 492 g/mol. The molecule has 0 radical (unpaired) electrons. The van der Waals surface area contributed by atoms with Gasteiger partial charge in [-0.1, -0.05) is 13.8 Å². The molecule has 1 aromatic rings. The molecule has 0 saturated carbocycles. The molecular weight excluding hydrogens is 456 g/mol. The van der Waals surface area contributed by atoms with Crippen molar-refractivity contribution in [1.82, 2.24) is 14.5 Å². The first kappa shape index (κ1) is 24.9. The molecule has 0 unspecified atom stereocenters. The lowest BCUT2D eigenvalue weighted by Crippen LogP contribution is -2.45. The third-order valence-corrected chi connectivity index (χ3v) is 8.69. The second-order valence-electron chi connectivity index (χ2n) is 9.92. The summed E-state index contributed by atoms with van der Waals surface area (Å²) in [7, 11) is -3.64. The molecule has 3 heterocycles. The van der Waals surface area contributed by atoms with Crippen LogP contribution in [0.4, 0.5) is 5.69 Å². The van der Waals surface area contributed by atoms with Crippen molar-refractivity contribution in [3.63, 3.8) is 0 Å². The van der Waals surface area contributed by atoms with Crippen LogP contribution in [0, 0.1) is 11.8 Å². The minimum absolute atomic E-state index is 0.113. The van der Waals surface area contributed by atoms with Crippen molar-refractivity contribution < 1.29 is 22.7 Å². The smallest absolute Gasteiger partial charge is 0.265 e. The number of piperidine rings is 1. The van der Waals surface area contributed by atoms with Crippen LogP contribution in [0.25, 0.3) is 0 Å². The summed E-state index contributed by atoms with van der Waals surface area (Å²) in [4.78, 5) is 29.1. The maximum Gasteiger partial charge on any atom is 0.265 e. The van der Waals surface area contributed by atoms with Crippen LogP contribution >= 0.6 is 0 Å². The average molecular weight is 493 g/mol. The summed E-state index contributed by atoms with van der Waals surface area (Å²) in [5.41, 5.74) is 0.322. The molecular formula is C24H36N4O5S. The average Bonchev–Trinajstić information content (AvgIpc) is 3.34. The molecule has 1 N–H and O–H groups in total. The van der Waals surface area contributed by atoms with E-state index < -0.39 is 10.0 Å². The molecule has 2 atom stereocenters. The van der Waals surface area contributed by atoms with Crippen LogP contribution in [-0.4, -0.2) is 81.9 Å². The lowest BCUT2D eigenvalue weighted by molar-refractivity contribution is -0.125. The molecule has 0 spiro atoms. The second kappa shape index (κ2) is 10.6. The molecule has 2 saturated heterocycles.